The summed E-state index contributed by atoms with van der Waals surface area (Å²) in [6.07, 6.45) is 1.06. The second kappa shape index (κ2) is 55.7. The summed E-state index contributed by atoms with van der Waals surface area (Å²) >= 11 is 0. The van der Waals surface area contributed by atoms with E-state index in [1.165, 1.54) is 0 Å². The minimum atomic E-state index is -6.63. The van der Waals surface area contributed by atoms with Crippen LogP contribution in [-0.4, -0.2) is 181 Å². The maximum atomic E-state index is 14.2. The summed E-state index contributed by atoms with van der Waals surface area (Å²) in [5.41, 5.74) is -10.2. The minimum Gasteiger partial charge on any atom is -0.463 e. The van der Waals surface area contributed by atoms with Crippen LogP contribution in [0.25, 0.3) is 0 Å². The first-order valence-corrected chi connectivity index (χ1v) is 28.6. The zero-order valence-corrected chi connectivity index (χ0v) is 58.0. The standard InChI is InChI=1S/C12H10F10O2.C7H8F4O3.4C7H12O2.C6H10O3.C6H10O2.C5H8O2.CH4/c1-5(2)6(23)24-4-8(14)11(19,20)9(15,16)7(3,13)10(17,18)12(8,21)22;1-3-5(12)14-4-6(8,13-2)7(9,10)11;4*1-4-5-9-7(8)6(2)3;1-3-6(7)9-5-4-8-2;1-4-8-6(7)5(2)3;1-3-5(6)7-4-2;/h1,4H2,2-3H3;3H,1,4H2,2H3;4*2,4-5H2,1,3H3;3H,1,4-5H2,2H3;2,4H2,1,3H3;3H,1,4H2,2H3;1H4. The molecule has 1 saturated carbocycles. The van der Waals surface area contributed by atoms with E-state index in [0.29, 0.717) is 93.9 Å². The molecule has 0 aromatic heterocycles. The molecule has 576 valence electrons. The van der Waals surface area contributed by atoms with Crippen molar-refractivity contribution in [2.75, 3.05) is 80.3 Å². The van der Waals surface area contributed by atoms with Crippen molar-refractivity contribution in [3.63, 3.8) is 0 Å². The van der Waals surface area contributed by atoms with E-state index in [1.807, 2.05) is 27.7 Å². The number of hydrogen-bond acceptors (Lipinski definition) is 20. The third kappa shape index (κ3) is 43.1. The van der Waals surface area contributed by atoms with Gasteiger partial charge in [0.15, 0.2) is 6.61 Å². The molecule has 99 heavy (non-hydrogen) atoms. The smallest absolute Gasteiger partial charge is 0.452 e. The predicted molar refractivity (Wildman–Crippen MR) is 339 cm³/mol. The van der Waals surface area contributed by atoms with Gasteiger partial charge in [0.05, 0.1) is 46.2 Å². The van der Waals surface area contributed by atoms with Gasteiger partial charge in [-0.2, -0.15) is 52.7 Å². The van der Waals surface area contributed by atoms with Gasteiger partial charge in [-0.3, -0.25) is 0 Å². The molecule has 20 nitrogen and oxygen atoms in total. The summed E-state index contributed by atoms with van der Waals surface area (Å²) < 4.78 is 233. The summed E-state index contributed by atoms with van der Waals surface area (Å²) in [4.78, 5) is 94.4. The van der Waals surface area contributed by atoms with Crippen molar-refractivity contribution in [3.8, 4) is 0 Å². The molecule has 0 aromatic rings. The molecule has 0 heterocycles. The van der Waals surface area contributed by atoms with E-state index in [1.54, 1.807) is 55.6 Å². The van der Waals surface area contributed by atoms with Gasteiger partial charge in [0.25, 0.3) is 5.67 Å². The first kappa shape index (κ1) is 109. The SMILES string of the molecule is C.C=C(C)C(=O)OCC.C=C(C)C(=O)OCC1(F)C(F)(F)C(F)(F)C(C)(F)C(F)(F)C1(F)F.C=C(C)C(=O)OCCC.C=C(C)C(=O)OCCC.C=C(C)C(=O)OCCC.C=C(C)C(=O)OCCC.C=CC(=O)OCC.C=CC(=O)OCC(F)(OC)C(F)(F)F.C=CC(=O)OCCOC. The highest BCUT2D eigenvalue weighted by Gasteiger charge is 2.98. The third-order valence-electron chi connectivity index (χ3n) is 9.95. The summed E-state index contributed by atoms with van der Waals surface area (Å²) in [6, 6.07) is 0. The van der Waals surface area contributed by atoms with Crippen molar-refractivity contribution >= 4 is 53.7 Å². The number of rotatable bonds is 27. The lowest BCUT2D eigenvalue weighted by molar-refractivity contribution is -0.459. The number of alkyl halides is 14. The average Bonchev–Trinajstić information content (AvgIpc) is 0.667. The number of ether oxygens (including phenoxy) is 11. The molecule has 1 aliphatic carbocycles. The Bertz CT molecular complexity index is 2430. The highest BCUT2D eigenvalue weighted by molar-refractivity contribution is 5.89. The van der Waals surface area contributed by atoms with Crippen LogP contribution >= 0.6 is 0 Å². The van der Waals surface area contributed by atoms with Gasteiger partial charge in [0.2, 0.25) is 5.67 Å². The van der Waals surface area contributed by atoms with Crippen LogP contribution in [0.4, 0.5) is 61.5 Å². The Morgan fingerprint density at radius 3 is 0.828 bits per heavy atom. The van der Waals surface area contributed by atoms with Gasteiger partial charge in [-0.05, 0) is 88.0 Å². The fourth-order valence-electron chi connectivity index (χ4n) is 4.44. The van der Waals surface area contributed by atoms with Crippen molar-refractivity contribution in [2.24, 2.45) is 0 Å². The van der Waals surface area contributed by atoms with E-state index < -0.39 is 90.7 Å². The highest BCUT2D eigenvalue weighted by atomic mass is 19.4. The number of hydrogen-bond donors (Lipinski definition) is 0. The van der Waals surface area contributed by atoms with Crippen LogP contribution in [0.5, 0.6) is 0 Å². The van der Waals surface area contributed by atoms with Crippen LogP contribution < -0.4 is 0 Å². The Labute approximate surface area is 570 Å². The Morgan fingerprint density at radius 1 is 0.374 bits per heavy atom. The van der Waals surface area contributed by atoms with E-state index in [9.17, 15) is 105 Å². The average molecular weight is 1470 g/mol. The molecule has 1 unspecified atom stereocenters. The van der Waals surface area contributed by atoms with Gasteiger partial charge in [-0.1, -0.05) is 94.3 Å². The largest absolute Gasteiger partial charge is 0.463 e. The van der Waals surface area contributed by atoms with Crippen LogP contribution in [0.2, 0.25) is 0 Å². The summed E-state index contributed by atoms with van der Waals surface area (Å²) in [5.74, 6) is -35.5. The van der Waals surface area contributed by atoms with Crippen LogP contribution in [0, 0.1) is 0 Å². The van der Waals surface area contributed by atoms with Crippen molar-refractivity contribution in [3.05, 3.63) is 111 Å². The molecule has 34 heteroatoms. The molecule has 1 atom stereocenters. The van der Waals surface area contributed by atoms with E-state index in [2.05, 4.69) is 92.4 Å². The lowest BCUT2D eigenvalue weighted by Crippen LogP contribution is -2.85. The monoisotopic (exact) mass is 1460 g/mol. The van der Waals surface area contributed by atoms with Gasteiger partial charge in [0.1, 0.15) is 13.2 Å². The zero-order valence-electron chi connectivity index (χ0n) is 58.0. The second-order valence-electron chi connectivity index (χ2n) is 19.2. The number of methoxy groups -OCH3 is 2. The van der Waals surface area contributed by atoms with Gasteiger partial charge < -0.3 is 52.1 Å². The molecule has 0 saturated heterocycles. The number of esters is 9. The van der Waals surface area contributed by atoms with Crippen molar-refractivity contribution in [2.45, 2.75) is 170 Å². The third-order valence-corrected chi connectivity index (χ3v) is 9.95. The van der Waals surface area contributed by atoms with Gasteiger partial charge >= 0.3 is 89.4 Å². The first-order chi connectivity index (χ1) is 44.6. The van der Waals surface area contributed by atoms with Crippen molar-refractivity contribution < 1.29 is 157 Å². The minimum absolute atomic E-state index is 0. The summed E-state index contributed by atoms with van der Waals surface area (Å²) in [5, 5.41) is 0. The maximum absolute atomic E-state index is 14.2. The number of carbonyl (C=O) groups excluding carboxylic acids is 9. The number of carbonyl (C=O) groups is 9. The van der Waals surface area contributed by atoms with E-state index in [4.69, 9.17) is 18.9 Å². The Hall–Kier alpha value is -8.17. The first-order valence-electron chi connectivity index (χ1n) is 28.6. The lowest BCUT2D eigenvalue weighted by Gasteiger charge is -2.54. The maximum Gasteiger partial charge on any atom is 0.452 e. The normalized spacial score (nSPS) is 16.1. The van der Waals surface area contributed by atoms with Gasteiger partial charge in [-0.25, -0.2) is 51.9 Å². The highest BCUT2D eigenvalue weighted by Crippen LogP contribution is 2.68. The quantitative estimate of drug-likeness (QED) is 0.0243. The van der Waals surface area contributed by atoms with Gasteiger partial charge in [0, 0.05) is 65.9 Å². The summed E-state index contributed by atoms with van der Waals surface area (Å²) in [7, 11) is 2.07. The Balaban J connectivity index is -0.000000136. The molecular weight excluding hydrogens is 1370 g/mol. The van der Waals surface area contributed by atoms with Crippen molar-refractivity contribution in [1.29, 1.82) is 0 Å². The van der Waals surface area contributed by atoms with E-state index >= 15 is 0 Å². The fourth-order valence-corrected chi connectivity index (χ4v) is 4.44. The second-order valence-corrected chi connectivity index (χ2v) is 19.2. The molecule has 0 aromatic carbocycles. The molecule has 0 aliphatic heterocycles. The van der Waals surface area contributed by atoms with Crippen LogP contribution in [0.3, 0.4) is 0 Å². The summed E-state index contributed by atoms with van der Waals surface area (Å²) in [6.45, 7) is 47.9. The van der Waals surface area contributed by atoms with Crippen molar-refractivity contribution in [1.82, 2.24) is 0 Å². The topological polar surface area (TPSA) is 255 Å². The zero-order chi connectivity index (χ0) is 79.5. The molecular formula is C65H98F14O20. The Morgan fingerprint density at radius 2 is 0.626 bits per heavy atom. The van der Waals surface area contributed by atoms with Crippen LogP contribution in [0.15, 0.2) is 111 Å². The number of halogens is 14. The van der Waals surface area contributed by atoms with E-state index in [-0.39, 0.29) is 43.2 Å². The molecule has 1 rings (SSSR count). The molecule has 1 fully saturated rings. The predicted octanol–water partition coefficient (Wildman–Crippen LogP) is 14.6. The van der Waals surface area contributed by atoms with Crippen LogP contribution in [-0.2, 0) is 95.3 Å². The molecule has 0 amide bonds. The Kier molecular flexibility index (Phi) is 61.6. The fraction of sp³-hybridized carbons (Fsp3) is 0.585. The molecule has 0 spiro atoms. The molecule has 0 bridgehead atoms. The van der Waals surface area contributed by atoms with Gasteiger partial charge in [-0.15, -0.1) is 0 Å². The molecule has 0 N–H and O–H groups in total. The molecule has 0 radical (unpaired) electrons. The molecule has 1 aliphatic rings. The van der Waals surface area contributed by atoms with E-state index in [0.717, 1.165) is 44.8 Å². The lowest BCUT2D eigenvalue weighted by atomic mass is 9.68. The van der Waals surface area contributed by atoms with Crippen LogP contribution in [0.1, 0.15) is 123 Å².